The van der Waals surface area contributed by atoms with E-state index < -0.39 is 0 Å². The van der Waals surface area contributed by atoms with Crippen LogP contribution >= 0.6 is 11.6 Å². The Hall–Kier alpha value is -2.11. The zero-order valence-corrected chi connectivity index (χ0v) is 15.7. The number of carbonyl (C=O) groups excluding carboxylic acids is 1. The summed E-state index contributed by atoms with van der Waals surface area (Å²) in [4.78, 5) is 19.0. The van der Waals surface area contributed by atoms with E-state index in [1.165, 1.54) is 31.0 Å². The lowest BCUT2D eigenvalue weighted by Gasteiger charge is -2.35. The molecule has 0 unspecified atom stereocenters. The Morgan fingerprint density at radius 1 is 1.19 bits per heavy atom. The molecule has 5 nitrogen and oxygen atoms in total. The van der Waals surface area contributed by atoms with Crippen molar-refractivity contribution < 1.29 is 9.53 Å². The average Bonchev–Trinajstić information content (AvgIpc) is 2.70. The van der Waals surface area contributed by atoms with Gasteiger partial charge in [-0.05, 0) is 49.7 Å². The van der Waals surface area contributed by atoms with Crippen molar-refractivity contribution in [3.8, 4) is 5.88 Å². The van der Waals surface area contributed by atoms with Crippen LogP contribution in [0.15, 0.2) is 42.6 Å². The molecule has 3 rings (SSSR count). The van der Waals surface area contributed by atoms with Crippen LogP contribution in [0.25, 0.3) is 0 Å². The summed E-state index contributed by atoms with van der Waals surface area (Å²) in [6.45, 7) is 2.65. The van der Waals surface area contributed by atoms with E-state index in [-0.39, 0.29) is 11.9 Å². The summed E-state index contributed by atoms with van der Waals surface area (Å²) in [6.07, 6.45) is 5.20. The van der Waals surface area contributed by atoms with Crippen LogP contribution in [0.5, 0.6) is 5.88 Å². The smallest absolute Gasteiger partial charge is 0.252 e. The second kappa shape index (κ2) is 9.01. The molecule has 1 aromatic carbocycles. The van der Waals surface area contributed by atoms with E-state index in [2.05, 4.69) is 15.2 Å². The van der Waals surface area contributed by atoms with Gasteiger partial charge in [0, 0.05) is 23.8 Å². The first-order chi connectivity index (χ1) is 12.7. The number of halogens is 1. The van der Waals surface area contributed by atoms with Crippen LogP contribution in [-0.2, 0) is 0 Å². The highest BCUT2D eigenvalue weighted by Crippen LogP contribution is 2.25. The van der Waals surface area contributed by atoms with Crippen LogP contribution in [0.4, 0.5) is 0 Å². The second-order valence-electron chi connectivity index (χ2n) is 6.46. The largest absolute Gasteiger partial charge is 0.481 e. The van der Waals surface area contributed by atoms with Crippen LogP contribution in [0, 0.1) is 0 Å². The number of nitrogens with zero attached hydrogens (tertiary/aromatic N) is 2. The Morgan fingerprint density at radius 3 is 2.54 bits per heavy atom. The number of pyridine rings is 1. The monoisotopic (exact) mass is 373 g/mol. The molecule has 0 radical (unpaired) electrons. The van der Waals surface area contributed by atoms with E-state index in [0.29, 0.717) is 18.0 Å². The fraction of sp³-hybridized carbons (Fsp3) is 0.400. The minimum absolute atomic E-state index is 0.129. The molecule has 0 aliphatic carbocycles. The Kier molecular flexibility index (Phi) is 6.47. The zero-order chi connectivity index (χ0) is 18.4. The van der Waals surface area contributed by atoms with Crippen molar-refractivity contribution in [3.63, 3.8) is 0 Å². The Morgan fingerprint density at radius 2 is 1.92 bits per heavy atom. The van der Waals surface area contributed by atoms with Crippen LogP contribution in [-0.4, -0.2) is 42.5 Å². The molecule has 1 atom stereocenters. The molecular formula is C20H24ClN3O2. The molecule has 1 amide bonds. The first kappa shape index (κ1) is 18.7. The summed E-state index contributed by atoms with van der Waals surface area (Å²) in [6, 6.07) is 11.5. The van der Waals surface area contributed by atoms with Crippen molar-refractivity contribution in [1.82, 2.24) is 15.2 Å². The summed E-state index contributed by atoms with van der Waals surface area (Å²) in [7, 11) is 1.55. The Balaban J connectivity index is 1.70. The highest BCUT2D eigenvalue weighted by molar-refractivity contribution is 6.30. The molecule has 2 heterocycles. The molecule has 26 heavy (non-hydrogen) atoms. The summed E-state index contributed by atoms with van der Waals surface area (Å²) in [5.41, 5.74) is 1.70. The third-order valence-electron chi connectivity index (χ3n) is 4.75. The number of nitrogens with one attached hydrogen (secondary N) is 1. The third kappa shape index (κ3) is 4.74. The minimum atomic E-state index is -0.129. The second-order valence-corrected chi connectivity index (χ2v) is 6.90. The number of aromatic nitrogens is 1. The maximum atomic E-state index is 12.5. The van der Waals surface area contributed by atoms with E-state index in [1.54, 1.807) is 19.2 Å². The standard InChI is InChI=1S/C20H24ClN3O2/c1-26-19-10-7-16(13-22-19)20(25)23-14-18(24-11-3-2-4-12-24)15-5-8-17(21)9-6-15/h5-10,13,18H,2-4,11-12,14H2,1H3,(H,23,25)/t18-/m0/s1. The highest BCUT2D eigenvalue weighted by atomic mass is 35.5. The minimum Gasteiger partial charge on any atom is -0.481 e. The molecule has 6 heteroatoms. The van der Waals surface area contributed by atoms with E-state index in [0.717, 1.165) is 18.1 Å². The van der Waals surface area contributed by atoms with Crippen molar-refractivity contribution in [3.05, 3.63) is 58.7 Å². The Labute approximate surface area is 159 Å². The molecule has 1 aliphatic rings. The van der Waals surface area contributed by atoms with E-state index >= 15 is 0 Å². The maximum absolute atomic E-state index is 12.5. The first-order valence-corrected chi connectivity index (χ1v) is 9.33. The molecule has 0 saturated carbocycles. The predicted octanol–water partition coefficient (Wildman–Crippen LogP) is 3.70. The van der Waals surface area contributed by atoms with Crippen molar-refractivity contribution in [2.75, 3.05) is 26.7 Å². The van der Waals surface area contributed by atoms with Gasteiger partial charge in [-0.2, -0.15) is 0 Å². The number of carbonyl (C=O) groups is 1. The first-order valence-electron chi connectivity index (χ1n) is 8.95. The number of methoxy groups -OCH3 is 1. The van der Waals surface area contributed by atoms with Crippen molar-refractivity contribution in [2.45, 2.75) is 25.3 Å². The number of amides is 1. The van der Waals surface area contributed by atoms with E-state index in [1.807, 2.05) is 24.3 Å². The fourth-order valence-electron chi connectivity index (χ4n) is 3.30. The molecule has 1 aliphatic heterocycles. The third-order valence-corrected chi connectivity index (χ3v) is 5.00. The van der Waals surface area contributed by atoms with Gasteiger partial charge >= 0.3 is 0 Å². The topological polar surface area (TPSA) is 54.5 Å². The zero-order valence-electron chi connectivity index (χ0n) is 15.0. The van der Waals surface area contributed by atoms with Gasteiger partial charge in [0.25, 0.3) is 5.91 Å². The lowest BCUT2D eigenvalue weighted by molar-refractivity contribution is 0.0924. The molecule has 0 bridgehead atoms. The summed E-state index contributed by atoms with van der Waals surface area (Å²) >= 11 is 6.03. The maximum Gasteiger partial charge on any atom is 0.252 e. The summed E-state index contributed by atoms with van der Waals surface area (Å²) < 4.78 is 5.03. The number of likely N-dealkylation sites (tertiary alicyclic amines) is 1. The lowest BCUT2D eigenvalue weighted by Crippen LogP contribution is -2.40. The summed E-state index contributed by atoms with van der Waals surface area (Å²) in [5.74, 6) is 0.366. The van der Waals surface area contributed by atoms with Crippen LogP contribution in [0.3, 0.4) is 0 Å². The molecule has 1 fully saturated rings. The van der Waals surface area contributed by atoms with Gasteiger partial charge < -0.3 is 10.1 Å². The molecule has 1 aromatic heterocycles. The quantitative estimate of drug-likeness (QED) is 0.838. The molecule has 0 spiro atoms. The molecule has 1 saturated heterocycles. The van der Waals surface area contributed by atoms with Gasteiger partial charge in [-0.3, -0.25) is 9.69 Å². The van der Waals surface area contributed by atoms with Gasteiger partial charge in [-0.25, -0.2) is 4.98 Å². The van der Waals surface area contributed by atoms with Gasteiger partial charge in [0.1, 0.15) is 0 Å². The SMILES string of the molecule is COc1ccc(C(=O)NC[C@@H](c2ccc(Cl)cc2)N2CCCCC2)cn1. The van der Waals surface area contributed by atoms with Crippen LogP contribution < -0.4 is 10.1 Å². The van der Waals surface area contributed by atoms with Gasteiger partial charge in [0.15, 0.2) is 0 Å². The number of piperidine rings is 1. The van der Waals surface area contributed by atoms with Gasteiger partial charge in [-0.15, -0.1) is 0 Å². The number of hydrogen-bond acceptors (Lipinski definition) is 4. The molecule has 2 aromatic rings. The van der Waals surface area contributed by atoms with Crippen LogP contribution in [0.2, 0.25) is 5.02 Å². The van der Waals surface area contributed by atoms with E-state index in [9.17, 15) is 4.79 Å². The van der Waals surface area contributed by atoms with Gasteiger partial charge in [-0.1, -0.05) is 30.2 Å². The highest BCUT2D eigenvalue weighted by Gasteiger charge is 2.23. The molecule has 1 N–H and O–H groups in total. The number of ether oxygens (including phenoxy) is 1. The molecular weight excluding hydrogens is 350 g/mol. The van der Waals surface area contributed by atoms with Crippen molar-refractivity contribution in [1.29, 1.82) is 0 Å². The summed E-state index contributed by atoms with van der Waals surface area (Å²) in [5, 5.41) is 3.77. The molecule has 138 valence electrons. The van der Waals surface area contributed by atoms with Crippen molar-refractivity contribution in [2.24, 2.45) is 0 Å². The normalized spacial score (nSPS) is 16.1. The van der Waals surface area contributed by atoms with Gasteiger partial charge in [0.05, 0.1) is 18.7 Å². The number of hydrogen-bond donors (Lipinski definition) is 1. The predicted molar refractivity (Wildman–Crippen MR) is 103 cm³/mol. The number of benzene rings is 1. The average molecular weight is 374 g/mol. The fourth-order valence-corrected chi connectivity index (χ4v) is 3.43. The number of rotatable bonds is 6. The van der Waals surface area contributed by atoms with E-state index in [4.69, 9.17) is 16.3 Å². The Bertz CT molecular complexity index is 713. The van der Waals surface area contributed by atoms with Crippen LogP contribution in [0.1, 0.15) is 41.2 Å². The van der Waals surface area contributed by atoms with Gasteiger partial charge in [0.2, 0.25) is 5.88 Å². The lowest BCUT2D eigenvalue weighted by atomic mass is 10.0. The van der Waals surface area contributed by atoms with Crippen molar-refractivity contribution >= 4 is 17.5 Å².